The highest BCUT2D eigenvalue weighted by atomic mass is 16.5. The third-order valence-corrected chi connectivity index (χ3v) is 3.27. The molecule has 0 atom stereocenters. The third-order valence-electron chi connectivity index (χ3n) is 3.27. The van der Waals surface area contributed by atoms with Gasteiger partial charge >= 0.3 is 5.97 Å². The summed E-state index contributed by atoms with van der Waals surface area (Å²) in [5.41, 5.74) is 0. The smallest absolute Gasteiger partial charge is 0.325 e. The zero-order chi connectivity index (χ0) is 13.4. The van der Waals surface area contributed by atoms with E-state index in [0.29, 0.717) is 25.5 Å². The lowest BCUT2D eigenvalue weighted by Crippen LogP contribution is -2.37. The number of esters is 1. The number of carbonyl (C=O) groups excluding carboxylic acids is 2. The first-order valence-electron chi connectivity index (χ1n) is 6.71. The Morgan fingerprint density at radius 1 is 1.39 bits per heavy atom. The van der Waals surface area contributed by atoms with Crippen LogP contribution in [0.1, 0.15) is 39.0 Å². The van der Waals surface area contributed by atoms with E-state index >= 15 is 0 Å². The molecule has 0 aliphatic heterocycles. The van der Waals surface area contributed by atoms with Crippen molar-refractivity contribution in [3.8, 4) is 0 Å². The van der Waals surface area contributed by atoms with Crippen LogP contribution >= 0.6 is 0 Å². The lowest BCUT2D eigenvalue weighted by Gasteiger charge is -2.21. The molecule has 4 nitrogen and oxygen atoms in total. The summed E-state index contributed by atoms with van der Waals surface area (Å²) < 4.78 is 4.87. The van der Waals surface area contributed by atoms with Crippen LogP contribution in [0.15, 0.2) is 12.7 Å². The maximum Gasteiger partial charge on any atom is 0.325 e. The van der Waals surface area contributed by atoms with E-state index in [0.717, 1.165) is 12.8 Å². The van der Waals surface area contributed by atoms with E-state index in [1.54, 1.807) is 13.0 Å². The van der Waals surface area contributed by atoms with Gasteiger partial charge in [0.15, 0.2) is 0 Å². The Morgan fingerprint density at radius 3 is 2.61 bits per heavy atom. The van der Waals surface area contributed by atoms with Crippen molar-refractivity contribution in [2.24, 2.45) is 5.92 Å². The van der Waals surface area contributed by atoms with Crippen LogP contribution in [0.2, 0.25) is 0 Å². The second kappa shape index (κ2) is 7.90. The molecule has 1 aliphatic carbocycles. The highest BCUT2D eigenvalue weighted by molar-refractivity contribution is 5.82. The zero-order valence-electron chi connectivity index (χ0n) is 11.2. The van der Waals surface area contributed by atoms with Crippen molar-refractivity contribution in [2.75, 3.05) is 19.7 Å². The van der Waals surface area contributed by atoms with Gasteiger partial charge in [0, 0.05) is 13.0 Å². The molecule has 18 heavy (non-hydrogen) atoms. The van der Waals surface area contributed by atoms with Gasteiger partial charge in [-0.1, -0.05) is 18.9 Å². The average molecular weight is 253 g/mol. The summed E-state index contributed by atoms with van der Waals surface area (Å²) in [5, 5.41) is 0. The molecule has 1 saturated carbocycles. The molecule has 0 saturated heterocycles. The molecule has 1 aliphatic rings. The average Bonchev–Trinajstić information content (AvgIpc) is 2.81. The van der Waals surface area contributed by atoms with Crippen molar-refractivity contribution >= 4 is 11.9 Å². The van der Waals surface area contributed by atoms with E-state index in [9.17, 15) is 9.59 Å². The second-order valence-corrected chi connectivity index (χ2v) is 4.72. The molecular weight excluding hydrogens is 230 g/mol. The van der Waals surface area contributed by atoms with Crippen LogP contribution in [-0.4, -0.2) is 36.5 Å². The van der Waals surface area contributed by atoms with Gasteiger partial charge in [-0.3, -0.25) is 9.59 Å². The number of hydrogen-bond acceptors (Lipinski definition) is 3. The Hall–Kier alpha value is -1.32. The highest BCUT2D eigenvalue weighted by Crippen LogP contribution is 2.27. The molecule has 0 N–H and O–H groups in total. The molecule has 0 heterocycles. The van der Waals surface area contributed by atoms with Crippen LogP contribution < -0.4 is 0 Å². The standard InChI is InChI=1S/C14H23NO3/c1-3-9-15(11-14(17)18-4-2)13(16)10-12-7-5-6-8-12/h3,12H,1,4-11H2,2H3. The number of rotatable bonds is 7. The molecule has 102 valence electrons. The molecule has 0 spiro atoms. The Morgan fingerprint density at radius 2 is 2.06 bits per heavy atom. The lowest BCUT2D eigenvalue weighted by atomic mass is 10.0. The first-order valence-corrected chi connectivity index (χ1v) is 6.71. The van der Waals surface area contributed by atoms with E-state index in [1.165, 1.54) is 17.7 Å². The molecule has 0 aromatic carbocycles. The Labute approximate surface area is 109 Å². The van der Waals surface area contributed by atoms with Crippen LogP contribution in [0.25, 0.3) is 0 Å². The molecule has 4 heteroatoms. The molecule has 1 amide bonds. The number of hydrogen-bond donors (Lipinski definition) is 0. The van der Waals surface area contributed by atoms with Crippen molar-refractivity contribution in [1.82, 2.24) is 4.90 Å². The van der Waals surface area contributed by atoms with Crippen LogP contribution in [-0.2, 0) is 14.3 Å². The van der Waals surface area contributed by atoms with Gasteiger partial charge in [0.2, 0.25) is 5.91 Å². The van der Waals surface area contributed by atoms with Gasteiger partial charge in [0.05, 0.1) is 6.61 Å². The normalized spacial score (nSPS) is 15.4. The topological polar surface area (TPSA) is 46.6 Å². The maximum absolute atomic E-state index is 12.1. The van der Waals surface area contributed by atoms with Crippen molar-refractivity contribution in [3.05, 3.63) is 12.7 Å². The largest absolute Gasteiger partial charge is 0.465 e. The van der Waals surface area contributed by atoms with E-state index < -0.39 is 0 Å². The van der Waals surface area contributed by atoms with Crippen molar-refractivity contribution in [1.29, 1.82) is 0 Å². The summed E-state index contributed by atoms with van der Waals surface area (Å²) in [6, 6.07) is 0. The molecule has 0 aromatic rings. The minimum absolute atomic E-state index is 0.0331. The monoisotopic (exact) mass is 253 g/mol. The van der Waals surface area contributed by atoms with E-state index in [2.05, 4.69) is 6.58 Å². The second-order valence-electron chi connectivity index (χ2n) is 4.72. The minimum atomic E-state index is -0.348. The van der Waals surface area contributed by atoms with Gasteiger partial charge in [-0.2, -0.15) is 0 Å². The molecule has 0 aromatic heterocycles. The molecular formula is C14H23NO3. The summed E-state index contributed by atoms with van der Waals surface area (Å²) in [7, 11) is 0. The van der Waals surface area contributed by atoms with Crippen LogP contribution in [0.4, 0.5) is 0 Å². The maximum atomic E-state index is 12.1. The number of ether oxygens (including phenoxy) is 1. The van der Waals surface area contributed by atoms with Gasteiger partial charge in [0.1, 0.15) is 6.54 Å². The fourth-order valence-corrected chi connectivity index (χ4v) is 2.36. The predicted octanol–water partition coefficient (Wildman–Crippen LogP) is 2.14. The fourth-order valence-electron chi connectivity index (χ4n) is 2.36. The van der Waals surface area contributed by atoms with E-state index in [1.807, 2.05) is 0 Å². The molecule has 0 radical (unpaired) electrons. The minimum Gasteiger partial charge on any atom is -0.465 e. The van der Waals surface area contributed by atoms with Crippen molar-refractivity contribution < 1.29 is 14.3 Å². The first-order chi connectivity index (χ1) is 8.67. The Balaban J connectivity index is 2.45. The summed E-state index contributed by atoms with van der Waals surface area (Å²) in [4.78, 5) is 25.0. The summed E-state index contributed by atoms with van der Waals surface area (Å²) in [5.74, 6) is 0.181. The van der Waals surface area contributed by atoms with Crippen LogP contribution in [0, 0.1) is 5.92 Å². The Kier molecular flexibility index (Phi) is 6.47. The Bertz CT molecular complexity index is 295. The highest BCUT2D eigenvalue weighted by Gasteiger charge is 2.23. The van der Waals surface area contributed by atoms with Crippen molar-refractivity contribution in [2.45, 2.75) is 39.0 Å². The van der Waals surface area contributed by atoms with E-state index in [-0.39, 0.29) is 18.4 Å². The summed E-state index contributed by atoms with van der Waals surface area (Å²) >= 11 is 0. The predicted molar refractivity (Wildman–Crippen MR) is 70.0 cm³/mol. The van der Waals surface area contributed by atoms with Crippen molar-refractivity contribution in [3.63, 3.8) is 0 Å². The van der Waals surface area contributed by atoms with Crippen LogP contribution in [0.3, 0.4) is 0 Å². The van der Waals surface area contributed by atoms with Gasteiger partial charge in [-0.25, -0.2) is 0 Å². The van der Waals surface area contributed by atoms with Gasteiger partial charge in [-0.15, -0.1) is 6.58 Å². The molecule has 0 unspecified atom stereocenters. The van der Waals surface area contributed by atoms with Crippen LogP contribution in [0.5, 0.6) is 0 Å². The molecule has 1 rings (SSSR count). The molecule has 0 bridgehead atoms. The molecule has 1 fully saturated rings. The lowest BCUT2D eigenvalue weighted by molar-refractivity contribution is -0.148. The first kappa shape index (κ1) is 14.7. The SMILES string of the molecule is C=CCN(CC(=O)OCC)C(=O)CC1CCCC1. The summed E-state index contributed by atoms with van der Waals surface area (Å²) in [6.07, 6.45) is 6.90. The van der Waals surface area contributed by atoms with Gasteiger partial charge in [-0.05, 0) is 25.7 Å². The third kappa shape index (κ3) is 4.90. The number of nitrogens with zero attached hydrogens (tertiary/aromatic N) is 1. The van der Waals surface area contributed by atoms with E-state index in [4.69, 9.17) is 4.74 Å². The fraction of sp³-hybridized carbons (Fsp3) is 0.714. The number of carbonyl (C=O) groups is 2. The number of amides is 1. The van der Waals surface area contributed by atoms with Gasteiger partial charge in [0.25, 0.3) is 0 Å². The zero-order valence-corrected chi connectivity index (χ0v) is 11.2. The van der Waals surface area contributed by atoms with Gasteiger partial charge < -0.3 is 9.64 Å². The summed E-state index contributed by atoms with van der Waals surface area (Å²) in [6.45, 7) is 6.17. The quantitative estimate of drug-likeness (QED) is 0.516.